The van der Waals surface area contributed by atoms with Gasteiger partial charge in [0.05, 0.1) is 37.2 Å². The molecule has 59 heavy (non-hydrogen) atoms. The highest BCUT2D eigenvalue weighted by Gasteiger charge is 2.66. The standard InChI is InChI=1S/C51H43NO7/c1-30-26-34(18-24-43(30)53)47-38-22-23-39-46(50(57)52(49(39)56)36-19-15-31(16-20-36)14-17-33-27-37(58-2)21-25-44(33)59-3)41(38)28-42-48(55)40(32-10-6-4-7-11-32)29-45(54)51(42,47)35-12-8-5-9-13-35/h4-22,24-27,29,39,41-42,46-47,53H,23,28H2,1-3H3. The topological polar surface area (TPSA) is 110 Å². The first-order valence-electron chi connectivity index (χ1n) is 19.9. The number of imide groups is 1. The molecule has 4 aliphatic rings. The molecule has 2 fully saturated rings. The summed E-state index contributed by atoms with van der Waals surface area (Å²) >= 11 is 0. The zero-order valence-electron chi connectivity index (χ0n) is 33.0. The van der Waals surface area contributed by atoms with E-state index in [4.69, 9.17) is 9.47 Å². The quantitative estimate of drug-likeness (QED) is 0.0952. The number of carbonyl (C=O) groups excluding carboxylic acids is 4. The maximum Gasteiger partial charge on any atom is 0.238 e. The maximum absolute atomic E-state index is 15.2. The van der Waals surface area contributed by atoms with Gasteiger partial charge in [-0.15, -0.1) is 0 Å². The van der Waals surface area contributed by atoms with Crippen LogP contribution in [0.25, 0.3) is 17.7 Å². The molecule has 3 aliphatic carbocycles. The van der Waals surface area contributed by atoms with Crippen LogP contribution < -0.4 is 14.4 Å². The monoisotopic (exact) mass is 781 g/mol. The average molecular weight is 782 g/mol. The Morgan fingerprint density at radius 3 is 2.19 bits per heavy atom. The summed E-state index contributed by atoms with van der Waals surface area (Å²) in [6.45, 7) is 1.81. The molecule has 1 heterocycles. The molecule has 1 aliphatic heterocycles. The van der Waals surface area contributed by atoms with Crippen LogP contribution in [0.3, 0.4) is 0 Å². The summed E-state index contributed by atoms with van der Waals surface area (Å²) in [5, 5.41) is 10.7. The van der Waals surface area contributed by atoms with Crippen LogP contribution in [0.2, 0.25) is 0 Å². The van der Waals surface area contributed by atoms with Gasteiger partial charge in [-0.2, -0.15) is 0 Å². The van der Waals surface area contributed by atoms with Crippen LogP contribution in [0.4, 0.5) is 5.69 Å². The highest BCUT2D eigenvalue weighted by Crippen LogP contribution is 2.64. The molecular formula is C51H43NO7. The Morgan fingerprint density at radius 2 is 1.49 bits per heavy atom. The SMILES string of the molecule is COc1ccc(OC)c(C=Cc2ccc(N3C(=O)C4CC=C5C(CC6C(=O)C(c7ccccc7)=CC(=O)C6(c6ccccc6)C5c5ccc(O)c(C)c5)C4C3=O)cc2)c1. The van der Waals surface area contributed by atoms with Crippen molar-refractivity contribution in [2.24, 2.45) is 23.7 Å². The number of nitrogens with zero attached hydrogens (tertiary/aromatic N) is 1. The second kappa shape index (κ2) is 14.9. The molecule has 1 N–H and O–H groups in total. The molecule has 0 radical (unpaired) electrons. The van der Waals surface area contributed by atoms with Crippen LogP contribution in [0.1, 0.15) is 52.1 Å². The number of aromatic hydroxyl groups is 1. The zero-order chi connectivity index (χ0) is 41.0. The Morgan fingerprint density at radius 1 is 0.763 bits per heavy atom. The largest absolute Gasteiger partial charge is 0.508 e. The summed E-state index contributed by atoms with van der Waals surface area (Å²) in [4.78, 5) is 61.0. The van der Waals surface area contributed by atoms with Crippen LogP contribution in [0.15, 0.2) is 139 Å². The van der Waals surface area contributed by atoms with Gasteiger partial charge >= 0.3 is 0 Å². The molecule has 5 aromatic carbocycles. The predicted molar refractivity (Wildman–Crippen MR) is 227 cm³/mol. The number of ketones is 2. The number of allylic oxidation sites excluding steroid dienone is 4. The van der Waals surface area contributed by atoms with E-state index in [1.54, 1.807) is 32.4 Å². The molecule has 6 atom stereocenters. The summed E-state index contributed by atoms with van der Waals surface area (Å²) in [6.07, 6.45) is 7.96. The fraction of sp³-hybridized carbons (Fsp3) is 0.216. The minimum Gasteiger partial charge on any atom is -0.508 e. The molecule has 9 rings (SSSR count). The first-order valence-corrected chi connectivity index (χ1v) is 19.9. The number of amides is 2. The van der Waals surface area contributed by atoms with Crippen LogP contribution in [0.5, 0.6) is 17.2 Å². The third kappa shape index (κ3) is 6.04. The van der Waals surface area contributed by atoms with Crippen molar-refractivity contribution >= 4 is 46.8 Å². The molecule has 8 nitrogen and oxygen atoms in total. The number of fused-ring (bicyclic) bond motifs is 4. The first-order chi connectivity index (χ1) is 28.6. The van der Waals surface area contributed by atoms with E-state index in [-0.39, 0.29) is 35.6 Å². The number of phenolic OH excluding ortho intramolecular Hbond substituents is 1. The fourth-order valence-electron chi connectivity index (χ4n) is 10.3. The molecule has 1 saturated carbocycles. The van der Waals surface area contributed by atoms with Crippen molar-refractivity contribution in [1.29, 1.82) is 0 Å². The van der Waals surface area contributed by atoms with Gasteiger partial charge in [0.25, 0.3) is 0 Å². The predicted octanol–water partition coefficient (Wildman–Crippen LogP) is 8.92. The molecule has 0 spiro atoms. The minimum atomic E-state index is -1.33. The molecule has 6 unspecified atom stereocenters. The van der Waals surface area contributed by atoms with Gasteiger partial charge in [0.1, 0.15) is 17.2 Å². The Kier molecular flexibility index (Phi) is 9.51. The fourth-order valence-corrected chi connectivity index (χ4v) is 10.3. The van der Waals surface area contributed by atoms with Gasteiger partial charge in [0.2, 0.25) is 11.8 Å². The van der Waals surface area contributed by atoms with Crippen molar-refractivity contribution in [2.75, 3.05) is 19.1 Å². The lowest BCUT2D eigenvalue weighted by atomic mass is 9.44. The van der Waals surface area contributed by atoms with Crippen LogP contribution >= 0.6 is 0 Å². The molecular weight excluding hydrogens is 739 g/mol. The van der Waals surface area contributed by atoms with E-state index in [9.17, 15) is 14.7 Å². The van der Waals surface area contributed by atoms with Crippen molar-refractivity contribution in [1.82, 2.24) is 0 Å². The number of benzene rings is 5. The molecule has 0 aromatic heterocycles. The van der Waals surface area contributed by atoms with E-state index in [1.165, 1.54) is 11.0 Å². The number of hydrogen-bond acceptors (Lipinski definition) is 7. The second-order valence-corrected chi connectivity index (χ2v) is 15.9. The van der Waals surface area contributed by atoms with Crippen molar-refractivity contribution < 1.29 is 33.8 Å². The van der Waals surface area contributed by atoms with Gasteiger partial charge in [0, 0.05) is 23.0 Å². The lowest BCUT2D eigenvalue weighted by Gasteiger charge is -2.55. The number of methoxy groups -OCH3 is 2. The van der Waals surface area contributed by atoms with Gasteiger partial charge < -0.3 is 14.6 Å². The molecule has 0 bridgehead atoms. The van der Waals surface area contributed by atoms with Crippen LogP contribution in [0, 0.1) is 30.6 Å². The van der Waals surface area contributed by atoms with Gasteiger partial charge in [-0.3, -0.25) is 24.1 Å². The van der Waals surface area contributed by atoms with Crippen molar-refractivity contribution in [3.8, 4) is 17.2 Å². The second-order valence-electron chi connectivity index (χ2n) is 15.9. The molecule has 1 saturated heterocycles. The molecule has 2 amide bonds. The third-order valence-electron chi connectivity index (χ3n) is 13.0. The molecule has 294 valence electrons. The van der Waals surface area contributed by atoms with Crippen LogP contribution in [-0.4, -0.2) is 42.7 Å². The van der Waals surface area contributed by atoms with Crippen molar-refractivity contribution in [3.63, 3.8) is 0 Å². The number of Topliss-reactive ketones (excluding diaryl/α,β-unsaturated/α-hetero) is 1. The summed E-state index contributed by atoms with van der Waals surface area (Å²) in [6, 6.07) is 37.0. The Labute approximate surface area is 343 Å². The molecule has 5 aromatic rings. The number of rotatable bonds is 8. The number of hydrogen-bond donors (Lipinski definition) is 1. The maximum atomic E-state index is 15.2. The number of anilines is 1. The smallest absolute Gasteiger partial charge is 0.238 e. The highest BCUT2D eigenvalue weighted by molar-refractivity contribution is 6.32. The number of ether oxygens (including phenoxy) is 2. The lowest BCUT2D eigenvalue weighted by Crippen LogP contribution is -2.58. The van der Waals surface area contributed by atoms with Gasteiger partial charge in [0.15, 0.2) is 11.6 Å². The number of carbonyl (C=O) groups is 4. The summed E-state index contributed by atoms with van der Waals surface area (Å²) in [5.74, 6) is -2.75. The van der Waals surface area contributed by atoms with Crippen LogP contribution in [-0.2, 0) is 24.6 Å². The summed E-state index contributed by atoms with van der Waals surface area (Å²) in [5.41, 5.74) is 4.85. The normalized spacial score (nSPS) is 24.9. The third-order valence-corrected chi connectivity index (χ3v) is 13.0. The number of phenols is 1. The zero-order valence-corrected chi connectivity index (χ0v) is 33.0. The Hall–Kier alpha value is -6.80. The first kappa shape index (κ1) is 37.8. The van der Waals surface area contributed by atoms with Crippen molar-refractivity contribution in [2.45, 2.75) is 31.1 Å². The van der Waals surface area contributed by atoms with E-state index in [0.717, 1.165) is 27.8 Å². The van der Waals surface area contributed by atoms with Gasteiger partial charge in [-0.25, -0.2) is 0 Å². The Bertz CT molecular complexity index is 2610. The van der Waals surface area contributed by atoms with Crippen molar-refractivity contribution in [3.05, 3.63) is 172 Å². The average Bonchev–Trinajstić information content (AvgIpc) is 3.53. The van der Waals surface area contributed by atoms with E-state index >= 15 is 9.59 Å². The van der Waals surface area contributed by atoms with E-state index in [2.05, 4.69) is 6.08 Å². The van der Waals surface area contributed by atoms with E-state index in [1.807, 2.05) is 122 Å². The number of aryl methyl sites for hydroxylation is 1. The summed E-state index contributed by atoms with van der Waals surface area (Å²) < 4.78 is 10.9. The van der Waals surface area contributed by atoms with Gasteiger partial charge in [-0.1, -0.05) is 109 Å². The minimum absolute atomic E-state index is 0.121. The van der Waals surface area contributed by atoms with Gasteiger partial charge in [-0.05, 0) is 96.0 Å². The summed E-state index contributed by atoms with van der Waals surface area (Å²) in [7, 11) is 3.22. The highest BCUT2D eigenvalue weighted by atomic mass is 16.5. The molecule has 8 heteroatoms. The van der Waals surface area contributed by atoms with E-state index in [0.29, 0.717) is 40.3 Å². The lowest BCUT2D eigenvalue weighted by molar-refractivity contribution is -0.135. The van der Waals surface area contributed by atoms with E-state index < -0.39 is 35.0 Å². The Balaban J connectivity index is 1.12.